The fourth-order valence-electron chi connectivity index (χ4n) is 2.54. The van der Waals surface area contributed by atoms with Gasteiger partial charge in [0.15, 0.2) is 0 Å². The Hall–Kier alpha value is -1.61. The van der Waals surface area contributed by atoms with E-state index >= 15 is 0 Å². The molecule has 0 spiro atoms. The highest BCUT2D eigenvalue weighted by Gasteiger charge is 2.21. The molecule has 0 radical (unpaired) electrons. The van der Waals surface area contributed by atoms with E-state index in [4.69, 9.17) is 11.2 Å². The molecule has 1 aliphatic heterocycles. The zero-order valence-electron chi connectivity index (χ0n) is 13.8. The zero-order valence-corrected chi connectivity index (χ0v) is 13.8. The molecule has 1 aliphatic rings. The van der Waals surface area contributed by atoms with E-state index in [0.717, 1.165) is 31.9 Å². The van der Waals surface area contributed by atoms with Crippen molar-refractivity contribution in [3.05, 3.63) is 30.1 Å². The summed E-state index contributed by atoms with van der Waals surface area (Å²) in [6.45, 7) is 7.83. The summed E-state index contributed by atoms with van der Waals surface area (Å²) in [7, 11) is 0. The van der Waals surface area contributed by atoms with Gasteiger partial charge in [-0.1, -0.05) is 5.92 Å². The number of nitrogens with zero attached hydrogens (tertiary/aromatic N) is 2. The first-order chi connectivity index (χ1) is 10.9. The zero-order chi connectivity index (χ0) is 16.9. The van der Waals surface area contributed by atoms with Crippen molar-refractivity contribution in [2.24, 2.45) is 0 Å². The molecule has 1 aromatic rings. The topological polar surface area (TPSA) is 35.9 Å². The van der Waals surface area contributed by atoms with Crippen molar-refractivity contribution in [3.63, 3.8) is 0 Å². The van der Waals surface area contributed by atoms with Gasteiger partial charge >= 0.3 is 0 Å². The van der Waals surface area contributed by atoms with Crippen molar-refractivity contribution < 1.29 is 14.2 Å². The quantitative estimate of drug-likeness (QED) is 0.810. The minimum Gasteiger partial charge on any atom is -0.389 e. The van der Waals surface area contributed by atoms with E-state index in [1.165, 1.54) is 12.1 Å². The Bertz CT molecular complexity index is 531. The normalized spacial score (nSPS) is 17.8. The standard InChI is InChI=1S/C18H25FN2O2/c1-4-18(2,3)23-14-17(22)13-20-9-11-21(12-10-20)16-7-5-15(19)6-8-16/h1,5-8,17,22H,9-14H2,2-3H3/t17-/m1/s1. The van der Waals surface area contributed by atoms with E-state index in [9.17, 15) is 9.50 Å². The second kappa shape index (κ2) is 7.78. The van der Waals surface area contributed by atoms with Crippen LogP contribution >= 0.6 is 0 Å². The maximum Gasteiger partial charge on any atom is 0.123 e. The summed E-state index contributed by atoms with van der Waals surface area (Å²) in [6, 6.07) is 6.57. The fraction of sp³-hybridized carbons (Fsp3) is 0.556. The molecule has 1 fully saturated rings. The molecule has 1 aromatic carbocycles. The van der Waals surface area contributed by atoms with Crippen LogP contribution < -0.4 is 4.90 Å². The summed E-state index contributed by atoms with van der Waals surface area (Å²) in [5.74, 6) is 2.33. The molecule has 126 valence electrons. The number of benzene rings is 1. The lowest BCUT2D eigenvalue weighted by molar-refractivity contribution is -0.0376. The largest absolute Gasteiger partial charge is 0.389 e. The summed E-state index contributed by atoms with van der Waals surface area (Å²) < 4.78 is 18.5. The van der Waals surface area contributed by atoms with Gasteiger partial charge in [0.25, 0.3) is 0 Å². The SMILES string of the molecule is C#CC(C)(C)OC[C@H](O)CN1CCN(c2ccc(F)cc2)CC1. The molecule has 1 saturated heterocycles. The predicted octanol–water partition coefficient (Wildman–Crippen LogP) is 1.74. The molecule has 1 heterocycles. The third-order valence-corrected chi connectivity index (χ3v) is 4.02. The third-order valence-electron chi connectivity index (χ3n) is 4.02. The van der Waals surface area contributed by atoms with Crippen molar-refractivity contribution in [2.45, 2.75) is 25.6 Å². The highest BCUT2D eigenvalue weighted by Crippen LogP contribution is 2.17. The Morgan fingerprint density at radius 2 is 1.87 bits per heavy atom. The Kier molecular flexibility index (Phi) is 6.00. The van der Waals surface area contributed by atoms with E-state index in [-0.39, 0.29) is 12.4 Å². The third kappa shape index (κ3) is 5.51. The van der Waals surface area contributed by atoms with Crippen LogP contribution in [0.5, 0.6) is 0 Å². The maximum absolute atomic E-state index is 13.0. The molecule has 1 atom stereocenters. The number of ether oxygens (including phenoxy) is 1. The summed E-state index contributed by atoms with van der Waals surface area (Å²) >= 11 is 0. The number of anilines is 1. The average molecular weight is 320 g/mol. The van der Waals surface area contributed by atoms with Gasteiger partial charge in [0.2, 0.25) is 0 Å². The first-order valence-corrected chi connectivity index (χ1v) is 7.92. The molecule has 0 unspecified atom stereocenters. The van der Waals surface area contributed by atoms with Crippen LogP contribution in [0.2, 0.25) is 0 Å². The van der Waals surface area contributed by atoms with Gasteiger partial charge in [0.05, 0.1) is 12.7 Å². The van der Waals surface area contributed by atoms with Crippen LogP contribution in [-0.4, -0.2) is 61.0 Å². The number of hydrogen-bond acceptors (Lipinski definition) is 4. The Balaban J connectivity index is 1.74. The minimum absolute atomic E-state index is 0.217. The van der Waals surface area contributed by atoms with Crippen molar-refractivity contribution in [2.75, 3.05) is 44.2 Å². The number of terminal acetylenes is 1. The van der Waals surface area contributed by atoms with Crippen molar-refractivity contribution in [1.29, 1.82) is 0 Å². The van der Waals surface area contributed by atoms with E-state index in [2.05, 4.69) is 15.7 Å². The summed E-state index contributed by atoms with van der Waals surface area (Å²) in [5, 5.41) is 10.1. The smallest absolute Gasteiger partial charge is 0.123 e. The van der Waals surface area contributed by atoms with Crippen LogP contribution in [0.25, 0.3) is 0 Å². The summed E-state index contributed by atoms with van der Waals surface area (Å²) in [5.41, 5.74) is 0.383. The lowest BCUT2D eigenvalue weighted by atomic mass is 10.1. The molecular formula is C18H25FN2O2. The minimum atomic E-state index is -0.651. The van der Waals surface area contributed by atoms with Crippen LogP contribution in [0.15, 0.2) is 24.3 Å². The second-order valence-corrected chi connectivity index (χ2v) is 6.38. The van der Waals surface area contributed by atoms with E-state index in [1.54, 1.807) is 26.0 Å². The molecule has 2 rings (SSSR count). The van der Waals surface area contributed by atoms with Crippen molar-refractivity contribution in [1.82, 2.24) is 4.90 Å². The Labute approximate surface area is 137 Å². The molecule has 0 aromatic heterocycles. The van der Waals surface area contributed by atoms with E-state index in [1.807, 2.05) is 0 Å². The first kappa shape index (κ1) is 17.7. The predicted molar refractivity (Wildman–Crippen MR) is 89.9 cm³/mol. The highest BCUT2D eigenvalue weighted by atomic mass is 19.1. The monoisotopic (exact) mass is 320 g/mol. The molecule has 1 N–H and O–H groups in total. The highest BCUT2D eigenvalue weighted by molar-refractivity contribution is 5.46. The van der Waals surface area contributed by atoms with Crippen molar-refractivity contribution >= 4 is 5.69 Å². The molecular weight excluding hydrogens is 295 g/mol. The Morgan fingerprint density at radius 3 is 2.43 bits per heavy atom. The number of piperazine rings is 1. The lowest BCUT2D eigenvalue weighted by Crippen LogP contribution is -2.49. The number of β-amino-alcohol motifs (C(OH)–C–C–N with tert-alkyl or cyclic N) is 1. The molecule has 4 nitrogen and oxygen atoms in total. The molecule has 23 heavy (non-hydrogen) atoms. The number of aliphatic hydroxyl groups is 1. The number of halogens is 1. The summed E-state index contributed by atoms with van der Waals surface area (Å²) in [4.78, 5) is 4.43. The van der Waals surface area contributed by atoms with Gasteiger partial charge in [-0.3, -0.25) is 4.90 Å². The van der Waals surface area contributed by atoms with E-state index in [0.29, 0.717) is 6.54 Å². The average Bonchev–Trinajstić information content (AvgIpc) is 2.55. The molecule has 0 saturated carbocycles. The number of rotatable bonds is 6. The van der Waals surface area contributed by atoms with Gasteiger partial charge < -0.3 is 14.7 Å². The maximum atomic E-state index is 13.0. The molecule has 0 bridgehead atoms. The molecule has 0 aliphatic carbocycles. The lowest BCUT2D eigenvalue weighted by Gasteiger charge is -2.37. The van der Waals surface area contributed by atoms with Crippen molar-refractivity contribution in [3.8, 4) is 12.3 Å². The van der Waals surface area contributed by atoms with Gasteiger partial charge in [-0.2, -0.15) is 0 Å². The second-order valence-electron chi connectivity index (χ2n) is 6.38. The van der Waals surface area contributed by atoms with E-state index < -0.39 is 11.7 Å². The van der Waals surface area contributed by atoms with Crippen LogP contribution in [0.3, 0.4) is 0 Å². The van der Waals surface area contributed by atoms with Gasteiger partial charge in [0, 0.05) is 38.4 Å². The number of hydrogen-bond donors (Lipinski definition) is 1. The fourth-order valence-corrected chi connectivity index (χ4v) is 2.54. The van der Waals surface area contributed by atoms with Gasteiger partial charge in [-0.15, -0.1) is 6.42 Å². The number of aliphatic hydroxyl groups excluding tert-OH is 1. The van der Waals surface area contributed by atoms with Crippen LogP contribution in [0.4, 0.5) is 10.1 Å². The molecule has 5 heteroatoms. The first-order valence-electron chi connectivity index (χ1n) is 7.92. The van der Waals surface area contributed by atoms with Gasteiger partial charge in [-0.05, 0) is 38.1 Å². The Morgan fingerprint density at radius 1 is 1.26 bits per heavy atom. The van der Waals surface area contributed by atoms with Crippen LogP contribution in [-0.2, 0) is 4.74 Å². The van der Waals surface area contributed by atoms with Crippen LogP contribution in [0.1, 0.15) is 13.8 Å². The van der Waals surface area contributed by atoms with Gasteiger partial charge in [0.1, 0.15) is 11.4 Å². The van der Waals surface area contributed by atoms with Crippen LogP contribution in [0, 0.1) is 18.2 Å². The summed E-state index contributed by atoms with van der Waals surface area (Å²) in [6.07, 6.45) is 4.81. The molecule has 0 amide bonds. The van der Waals surface area contributed by atoms with Gasteiger partial charge in [-0.25, -0.2) is 4.39 Å².